The van der Waals surface area contributed by atoms with Gasteiger partial charge in [-0.25, -0.2) is 4.98 Å². The van der Waals surface area contributed by atoms with E-state index in [-0.39, 0.29) is 34.4 Å². The van der Waals surface area contributed by atoms with Gasteiger partial charge in [-0.2, -0.15) is 31.3 Å². The topological polar surface area (TPSA) is 89.1 Å². The fraction of sp³-hybridized carbons (Fsp3) is 0.452. The van der Waals surface area contributed by atoms with Gasteiger partial charge in [0.1, 0.15) is 11.4 Å². The van der Waals surface area contributed by atoms with E-state index in [2.05, 4.69) is 15.3 Å². The van der Waals surface area contributed by atoms with Gasteiger partial charge in [-0.1, -0.05) is 23.7 Å². The molecular formula is C31H34ClF6N5O4. The van der Waals surface area contributed by atoms with Gasteiger partial charge in [-0.3, -0.25) is 4.79 Å². The Kier molecular flexibility index (Phi) is 11.6. The lowest BCUT2D eigenvalue weighted by molar-refractivity contribution is -0.143. The smallest absolute Gasteiger partial charge is 0.416 e. The number of alkyl halides is 6. The maximum atomic E-state index is 13.7. The third-order valence-corrected chi connectivity index (χ3v) is 7.73. The molecule has 2 aliphatic heterocycles. The van der Waals surface area contributed by atoms with E-state index < -0.39 is 40.4 Å². The summed E-state index contributed by atoms with van der Waals surface area (Å²) in [6.45, 7) is 8.16. The summed E-state index contributed by atoms with van der Waals surface area (Å²) in [5.74, 6) is -0.459. The summed E-state index contributed by atoms with van der Waals surface area (Å²) in [4.78, 5) is 25.4. The monoisotopic (exact) mass is 689 g/mol. The van der Waals surface area contributed by atoms with Gasteiger partial charge in [-0.15, -0.1) is 0 Å². The van der Waals surface area contributed by atoms with Gasteiger partial charge in [0.15, 0.2) is 0 Å². The van der Waals surface area contributed by atoms with Crippen LogP contribution in [0.3, 0.4) is 0 Å². The number of hydrogen-bond donors (Lipinski definition) is 1. The summed E-state index contributed by atoms with van der Waals surface area (Å²) >= 11 is 6.25. The normalized spacial score (nSPS) is 15.8. The second-order valence-electron chi connectivity index (χ2n) is 11.1. The number of carbonyl (C=O) groups is 1. The Hall–Kier alpha value is -3.66. The Labute approximate surface area is 272 Å². The molecule has 0 bridgehead atoms. The first-order chi connectivity index (χ1) is 22.1. The number of halogens is 7. The van der Waals surface area contributed by atoms with Crippen molar-refractivity contribution in [2.24, 2.45) is 0 Å². The van der Waals surface area contributed by atoms with E-state index in [0.717, 1.165) is 31.2 Å². The van der Waals surface area contributed by atoms with Gasteiger partial charge < -0.3 is 29.3 Å². The number of nitrogens with zero attached hydrogens (tertiary/aromatic N) is 4. The van der Waals surface area contributed by atoms with Crippen LogP contribution in [-0.4, -0.2) is 75.5 Å². The molecule has 0 unspecified atom stereocenters. The lowest BCUT2D eigenvalue weighted by Gasteiger charge is -2.32. The maximum absolute atomic E-state index is 13.7. The van der Waals surface area contributed by atoms with Crippen LogP contribution in [0, 0.1) is 0 Å². The van der Waals surface area contributed by atoms with Crippen molar-refractivity contribution in [2.45, 2.75) is 31.6 Å². The number of morpholine rings is 2. The summed E-state index contributed by atoms with van der Waals surface area (Å²) < 4.78 is 97.4. The lowest BCUT2D eigenvalue weighted by atomic mass is 9.81. The van der Waals surface area contributed by atoms with Gasteiger partial charge in [0, 0.05) is 33.2 Å². The number of carbonyl (C=O) groups excluding carboxylic acids is 1. The number of ether oxygens (including phenoxy) is 3. The Bertz CT molecular complexity index is 1490. The fourth-order valence-corrected chi connectivity index (χ4v) is 4.86. The minimum atomic E-state index is -5.07. The Morgan fingerprint density at radius 2 is 1.47 bits per heavy atom. The third kappa shape index (κ3) is 9.24. The van der Waals surface area contributed by atoms with Crippen LogP contribution in [0.1, 0.15) is 30.5 Å². The highest BCUT2D eigenvalue weighted by atomic mass is 35.5. The average Bonchev–Trinajstić information content (AvgIpc) is 3.05. The number of amides is 1. The SMILES string of the molecule is C1COCCN1.CN(C(=O)C(C)(C)c1cc(C(F)(F)F)cc(C(F)(F)F)c1)c1cnc(N2CCOCC2)nc1Oc1ccccc1Cl. The highest BCUT2D eigenvalue weighted by Crippen LogP contribution is 2.41. The molecule has 3 heterocycles. The average molecular weight is 690 g/mol. The molecule has 3 aromatic rings. The minimum Gasteiger partial charge on any atom is -0.435 e. The molecule has 0 aliphatic carbocycles. The molecule has 1 N–H and O–H groups in total. The van der Waals surface area contributed by atoms with Crippen LogP contribution in [0.15, 0.2) is 48.7 Å². The summed E-state index contributed by atoms with van der Waals surface area (Å²) in [6.07, 6.45) is -8.84. The first-order valence-corrected chi connectivity index (χ1v) is 15.0. The predicted molar refractivity (Wildman–Crippen MR) is 163 cm³/mol. The summed E-state index contributed by atoms with van der Waals surface area (Å²) in [5.41, 5.74) is -5.35. The molecule has 0 spiro atoms. The zero-order valence-corrected chi connectivity index (χ0v) is 26.6. The molecule has 2 aliphatic rings. The highest BCUT2D eigenvalue weighted by Gasteiger charge is 2.41. The van der Waals surface area contributed by atoms with Crippen molar-refractivity contribution in [3.8, 4) is 11.6 Å². The number of hydrogen-bond acceptors (Lipinski definition) is 8. The van der Waals surface area contributed by atoms with Gasteiger partial charge in [0.25, 0.3) is 0 Å². The quantitative estimate of drug-likeness (QED) is 0.300. The van der Waals surface area contributed by atoms with Crippen molar-refractivity contribution in [3.05, 3.63) is 70.4 Å². The number of likely N-dealkylation sites (N-methyl/N-ethyl adjacent to an activating group) is 1. The van der Waals surface area contributed by atoms with Crippen molar-refractivity contribution in [1.82, 2.24) is 15.3 Å². The molecule has 47 heavy (non-hydrogen) atoms. The summed E-state index contributed by atoms with van der Waals surface area (Å²) in [7, 11) is 1.30. The molecule has 1 amide bonds. The molecule has 256 valence electrons. The van der Waals surface area contributed by atoms with E-state index in [9.17, 15) is 31.1 Å². The lowest BCUT2D eigenvalue weighted by Crippen LogP contribution is -2.42. The third-order valence-electron chi connectivity index (χ3n) is 7.42. The zero-order valence-electron chi connectivity index (χ0n) is 25.8. The van der Waals surface area contributed by atoms with Crippen molar-refractivity contribution >= 4 is 29.1 Å². The standard InChI is InChI=1S/C27H25ClF6N4O3.C4H9NO/c1-25(2,16-12-17(26(29,30)31)14-18(13-16)27(32,33)34)23(39)37(3)20-15-35-24(38-8-10-40-11-9-38)36-22(20)41-21-7-5-4-6-19(21)28;1-3-6-4-2-5-1/h4-7,12-15H,8-11H2,1-3H3;5H,1-4H2. The summed E-state index contributed by atoms with van der Waals surface area (Å²) in [6, 6.07) is 7.58. The van der Waals surface area contributed by atoms with Crippen LogP contribution in [0.5, 0.6) is 11.6 Å². The van der Waals surface area contributed by atoms with Crippen molar-refractivity contribution in [3.63, 3.8) is 0 Å². The zero-order chi connectivity index (χ0) is 34.4. The number of rotatable bonds is 6. The number of para-hydroxylation sites is 1. The first-order valence-electron chi connectivity index (χ1n) is 14.6. The van der Waals surface area contributed by atoms with E-state index in [1.54, 1.807) is 24.3 Å². The van der Waals surface area contributed by atoms with Crippen LogP contribution >= 0.6 is 11.6 Å². The molecule has 2 fully saturated rings. The van der Waals surface area contributed by atoms with Gasteiger partial charge >= 0.3 is 12.4 Å². The number of nitrogens with one attached hydrogen (secondary N) is 1. The van der Waals surface area contributed by atoms with E-state index in [1.807, 2.05) is 4.90 Å². The number of aromatic nitrogens is 2. The molecule has 0 radical (unpaired) electrons. The van der Waals surface area contributed by atoms with Gasteiger partial charge in [0.2, 0.25) is 17.7 Å². The molecule has 0 saturated carbocycles. The van der Waals surface area contributed by atoms with E-state index in [0.29, 0.717) is 38.4 Å². The van der Waals surface area contributed by atoms with Crippen molar-refractivity contribution < 1.29 is 45.3 Å². The Morgan fingerprint density at radius 3 is 1.98 bits per heavy atom. The Balaban J connectivity index is 0.000000748. The van der Waals surface area contributed by atoms with Crippen LogP contribution in [0.25, 0.3) is 0 Å². The van der Waals surface area contributed by atoms with Crippen molar-refractivity contribution in [1.29, 1.82) is 0 Å². The van der Waals surface area contributed by atoms with Crippen molar-refractivity contribution in [2.75, 3.05) is 69.5 Å². The van der Waals surface area contributed by atoms with Crippen LogP contribution in [0.2, 0.25) is 5.02 Å². The molecular weight excluding hydrogens is 656 g/mol. The maximum Gasteiger partial charge on any atom is 0.416 e. The van der Waals surface area contributed by atoms with E-state index in [1.165, 1.54) is 27.1 Å². The van der Waals surface area contributed by atoms with E-state index in [4.69, 9.17) is 25.8 Å². The van der Waals surface area contributed by atoms with Crippen LogP contribution < -0.4 is 19.9 Å². The fourth-order valence-electron chi connectivity index (χ4n) is 4.69. The Morgan fingerprint density at radius 1 is 0.915 bits per heavy atom. The van der Waals surface area contributed by atoms with Gasteiger partial charge in [-0.05, 0) is 49.7 Å². The summed E-state index contributed by atoms with van der Waals surface area (Å²) in [5, 5.41) is 3.40. The minimum absolute atomic E-state index is 0.0154. The molecule has 2 aromatic carbocycles. The highest BCUT2D eigenvalue weighted by molar-refractivity contribution is 6.32. The number of benzene rings is 2. The van der Waals surface area contributed by atoms with E-state index >= 15 is 0 Å². The van der Waals surface area contributed by atoms with Crippen LogP contribution in [0.4, 0.5) is 38.0 Å². The van der Waals surface area contributed by atoms with Gasteiger partial charge in [0.05, 0.1) is 54.2 Å². The molecule has 1 aromatic heterocycles. The second kappa shape index (κ2) is 15.0. The molecule has 2 saturated heterocycles. The first kappa shape index (κ1) is 36.2. The van der Waals surface area contributed by atoms with Crippen LogP contribution in [-0.2, 0) is 32.0 Å². The second-order valence-corrected chi connectivity index (χ2v) is 11.5. The molecule has 0 atom stereocenters. The largest absolute Gasteiger partial charge is 0.435 e. The predicted octanol–water partition coefficient (Wildman–Crippen LogP) is 6.34. The molecule has 5 rings (SSSR count). The number of anilines is 2. The molecule has 9 nitrogen and oxygen atoms in total. The molecule has 16 heteroatoms.